The van der Waals surface area contributed by atoms with Gasteiger partial charge in [-0.3, -0.25) is 14.3 Å². The van der Waals surface area contributed by atoms with Gasteiger partial charge in [0.1, 0.15) is 11.5 Å². The van der Waals surface area contributed by atoms with Gasteiger partial charge in [0.15, 0.2) is 12.3 Å². The van der Waals surface area contributed by atoms with Gasteiger partial charge in [0.25, 0.3) is 0 Å². The van der Waals surface area contributed by atoms with Gasteiger partial charge in [-0.25, -0.2) is 0 Å². The first kappa shape index (κ1) is 24.3. The molecule has 5 rings (SSSR count). The Hall–Kier alpha value is -3.39. The number of ether oxygens (including phenoxy) is 2. The molecule has 190 valence electrons. The summed E-state index contributed by atoms with van der Waals surface area (Å²) < 4.78 is 12.5. The zero-order valence-electron chi connectivity index (χ0n) is 21.4. The molecule has 0 unspecified atom stereocenters. The predicted molar refractivity (Wildman–Crippen MR) is 138 cm³/mol. The lowest BCUT2D eigenvalue weighted by molar-refractivity contribution is -0.120. The number of carbonyl (C=O) groups is 1. The van der Waals surface area contributed by atoms with Crippen molar-refractivity contribution in [3.63, 3.8) is 0 Å². The Kier molecular flexibility index (Phi) is 6.24. The topological polar surface area (TPSA) is 88.6 Å². The Balaban J connectivity index is 1.33. The molecule has 2 bridgehead atoms. The van der Waals surface area contributed by atoms with Crippen LogP contribution in [0.4, 0.5) is 5.69 Å². The fourth-order valence-electron chi connectivity index (χ4n) is 6.39. The fourth-order valence-corrected chi connectivity index (χ4v) is 6.39. The molecule has 3 aromatic rings. The number of azo groups is 1. The standard InChI is InChI=1S/C28H34N4O4/c1-27(2)13-19-14-28(3,16-27)17-31(19)18-32-23-8-6-5-7-22(23)25(26(32)34)30-29-24(33)15-36-21-11-9-20(35-4)10-12-21/h5-12,19,34H,13-18H2,1-4H3/t19-,28+/m0/s1. The molecule has 0 radical (unpaired) electrons. The van der Waals surface area contributed by atoms with E-state index in [0.717, 1.165) is 23.9 Å². The SMILES string of the molecule is COc1ccc(OCC(=O)N=Nc2c(O)n(CN3C[C@]4(C)C[C@@H]3CC(C)(C)C4)c3ccccc23)cc1. The number of hydrogen-bond acceptors (Lipinski definition) is 6. The first-order valence-corrected chi connectivity index (χ1v) is 12.4. The minimum Gasteiger partial charge on any atom is -0.497 e. The highest BCUT2D eigenvalue weighted by atomic mass is 16.5. The van der Waals surface area contributed by atoms with E-state index in [-0.39, 0.29) is 12.5 Å². The van der Waals surface area contributed by atoms with Gasteiger partial charge in [0.2, 0.25) is 5.88 Å². The third-order valence-corrected chi connectivity index (χ3v) is 7.45. The number of carbonyl (C=O) groups excluding carboxylic acids is 1. The summed E-state index contributed by atoms with van der Waals surface area (Å²) in [6.07, 6.45) is 3.55. The average Bonchev–Trinajstić information content (AvgIpc) is 3.24. The second-order valence-electron chi connectivity index (χ2n) is 11.3. The third-order valence-electron chi connectivity index (χ3n) is 7.45. The molecule has 0 spiro atoms. The van der Waals surface area contributed by atoms with Crippen molar-refractivity contribution in [2.45, 2.75) is 52.7 Å². The van der Waals surface area contributed by atoms with Crippen LogP contribution >= 0.6 is 0 Å². The Morgan fingerprint density at radius 3 is 2.56 bits per heavy atom. The van der Waals surface area contributed by atoms with Crippen LogP contribution in [0.2, 0.25) is 0 Å². The molecule has 1 amide bonds. The van der Waals surface area contributed by atoms with E-state index < -0.39 is 5.91 Å². The zero-order valence-corrected chi connectivity index (χ0v) is 21.4. The van der Waals surface area contributed by atoms with Crippen molar-refractivity contribution in [1.29, 1.82) is 0 Å². The van der Waals surface area contributed by atoms with E-state index in [1.807, 2.05) is 28.8 Å². The second-order valence-corrected chi connectivity index (χ2v) is 11.3. The summed E-state index contributed by atoms with van der Waals surface area (Å²) >= 11 is 0. The number of nitrogens with zero attached hydrogens (tertiary/aromatic N) is 4. The summed E-state index contributed by atoms with van der Waals surface area (Å²) in [7, 11) is 1.59. The Labute approximate surface area is 211 Å². The van der Waals surface area contributed by atoms with Crippen molar-refractivity contribution in [2.24, 2.45) is 21.1 Å². The summed E-state index contributed by atoms with van der Waals surface area (Å²) in [6, 6.07) is 15.1. The van der Waals surface area contributed by atoms with Crippen LogP contribution in [0.25, 0.3) is 10.9 Å². The van der Waals surface area contributed by atoms with Crippen molar-refractivity contribution in [1.82, 2.24) is 9.47 Å². The van der Waals surface area contributed by atoms with Crippen LogP contribution in [0.5, 0.6) is 17.4 Å². The summed E-state index contributed by atoms with van der Waals surface area (Å²) in [5, 5.41) is 19.9. The van der Waals surface area contributed by atoms with Gasteiger partial charge >= 0.3 is 5.91 Å². The van der Waals surface area contributed by atoms with Crippen molar-refractivity contribution < 1.29 is 19.4 Å². The first-order chi connectivity index (χ1) is 17.2. The Bertz CT molecular complexity index is 1300. The average molecular weight is 491 g/mol. The molecular formula is C28H34N4O4. The normalized spacial score (nSPS) is 23.4. The summed E-state index contributed by atoms with van der Waals surface area (Å²) in [4.78, 5) is 14.8. The van der Waals surface area contributed by atoms with Gasteiger partial charge in [-0.2, -0.15) is 0 Å². The lowest BCUT2D eigenvalue weighted by Gasteiger charge is -2.40. The number of fused-ring (bicyclic) bond motifs is 3. The molecule has 1 saturated heterocycles. The molecule has 1 N–H and O–H groups in total. The number of aromatic hydroxyl groups is 1. The van der Waals surface area contributed by atoms with Gasteiger partial charge in [0, 0.05) is 18.0 Å². The maximum Gasteiger partial charge on any atom is 0.302 e. The Morgan fingerprint density at radius 1 is 1.08 bits per heavy atom. The lowest BCUT2D eigenvalue weighted by atomic mass is 9.65. The predicted octanol–water partition coefficient (Wildman–Crippen LogP) is 5.90. The third kappa shape index (κ3) is 4.82. The van der Waals surface area contributed by atoms with Gasteiger partial charge in [-0.05, 0) is 60.4 Å². The maximum atomic E-state index is 12.4. The second kappa shape index (κ2) is 9.24. The van der Waals surface area contributed by atoms with Crippen molar-refractivity contribution >= 4 is 22.5 Å². The number of amides is 1. The van der Waals surface area contributed by atoms with Gasteiger partial charge in [0.05, 0.1) is 19.3 Å². The highest BCUT2D eigenvalue weighted by Gasteiger charge is 2.49. The minimum absolute atomic E-state index is 0.0229. The molecule has 8 heteroatoms. The van der Waals surface area contributed by atoms with Gasteiger partial charge in [-0.15, -0.1) is 10.2 Å². The zero-order chi connectivity index (χ0) is 25.5. The largest absolute Gasteiger partial charge is 0.497 e. The van der Waals surface area contributed by atoms with Crippen molar-refractivity contribution in [2.75, 3.05) is 20.3 Å². The van der Waals surface area contributed by atoms with Crippen LogP contribution in [0.15, 0.2) is 58.8 Å². The van der Waals surface area contributed by atoms with E-state index >= 15 is 0 Å². The molecule has 2 fully saturated rings. The molecule has 2 aliphatic rings. The molecule has 8 nitrogen and oxygen atoms in total. The molecular weight excluding hydrogens is 456 g/mol. The number of methoxy groups -OCH3 is 1. The van der Waals surface area contributed by atoms with E-state index in [1.165, 1.54) is 12.8 Å². The van der Waals surface area contributed by atoms with E-state index in [4.69, 9.17) is 9.47 Å². The molecule has 2 aromatic carbocycles. The van der Waals surface area contributed by atoms with Crippen molar-refractivity contribution in [3.8, 4) is 17.4 Å². The van der Waals surface area contributed by atoms with E-state index in [0.29, 0.717) is 40.7 Å². The minimum atomic E-state index is -0.537. The smallest absolute Gasteiger partial charge is 0.302 e. The van der Waals surface area contributed by atoms with Gasteiger partial charge < -0.3 is 14.6 Å². The summed E-state index contributed by atoms with van der Waals surface area (Å²) in [5.74, 6) is 0.724. The Morgan fingerprint density at radius 2 is 1.81 bits per heavy atom. The number of hydrogen-bond donors (Lipinski definition) is 1. The molecule has 36 heavy (non-hydrogen) atoms. The highest BCUT2D eigenvalue weighted by molar-refractivity contribution is 5.95. The van der Waals surface area contributed by atoms with Crippen LogP contribution in [0, 0.1) is 10.8 Å². The summed E-state index contributed by atoms with van der Waals surface area (Å²) in [5.41, 5.74) is 1.79. The monoisotopic (exact) mass is 490 g/mol. The van der Waals surface area contributed by atoms with Crippen LogP contribution < -0.4 is 9.47 Å². The van der Waals surface area contributed by atoms with Crippen LogP contribution in [-0.4, -0.2) is 46.8 Å². The maximum absolute atomic E-state index is 12.4. The van der Waals surface area contributed by atoms with E-state index in [2.05, 4.69) is 35.9 Å². The number of likely N-dealkylation sites (tertiary alicyclic amines) is 1. The van der Waals surface area contributed by atoms with Crippen molar-refractivity contribution in [3.05, 3.63) is 48.5 Å². The number of benzene rings is 2. The van der Waals surface area contributed by atoms with Crippen LogP contribution in [-0.2, 0) is 11.5 Å². The molecule has 1 aliphatic carbocycles. The number of aromatic nitrogens is 1. The summed E-state index contributed by atoms with van der Waals surface area (Å²) in [6.45, 7) is 8.43. The molecule has 1 aliphatic heterocycles. The van der Waals surface area contributed by atoms with Crippen LogP contribution in [0.1, 0.15) is 40.0 Å². The fraction of sp³-hybridized carbons (Fsp3) is 0.464. The van der Waals surface area contributed by atoms with Crippen LogP contribution in [0.3, 0.4) is 0 Å². The quantitative estimate of drug-likeness (QED) is 0.416. The molecule has 2 heterocycles. The van der Waals surface area contributed by atoms with Gasteiger partial charge in [-0.1, -0.05) is 39.0 Å². The molecule has 1 saturated carbocycles. The van der Waals surface area contributed by atoms with E-state index in [1.54, 1.807) is 31.4 Å². The van der Waals surface area contributed by atoms with E-state index in [9.17, 15) is 9.90 Å². The highest BCUT2D eigenvalue weighted by Crippen LogP contribution is 2.53. The number of para-hydroxylation sites is 1. The lowest BCUT2D eigenvalue weighted by Crippen LogP contribution is -2.35. The number of rotatable bonds is 7. The molecule has 1 aromatic heterocycles. The first-order valence-electron chi connectivity index (χ1n) is 12.4. The molecule has 2 atom stereocenters.